The summed E-state index contributed by atoms with van der Waals surface area (Å²) in [5.41, 5.74) is 0.645. The molecule has 1 N–H and O–H groups in total. The van der Waals surface area contributed by atoms with E-state index in [-0.39, 0.29) is 16.5 Å². The van der Waals surface area contributed by atoms with Crippen LogP contribution in [0.5, 0.6) is 11.6 Å². The Morgan fingerprint density at radius 2 is 2.00 bits per heavy atom. The van der Waals surface area contributed by atoms with Gasteiger partial charge in [-0.15, -0.1) is 5.10 Å². The first-order chi connectivity index (χ1) is 9.74. The second-order valence-corrected chi connectivity index (χ2v) is 5.06. The third kappa shape index (κ3) is 2.63. The number of aromatic nitrogens is 2. The molecule has 0 unspecified atom stereocenters. The highest BCUT2D eigenvalue weighted by atomic mass is 35.5. The quantitative estimate of drug-likeness (QED) is 0.945. The molecule has 0 saturated carbocycles. The monoisotopic (exact) mass is 291 g/mol. The SMILES string of the molecule is O=c1cc(Cl)[nH]nc1Oc1ccccc1N1CCCC1. The zero-order valence-corrected chi connectivity index (χ0v) is 11.6. The van der Waals surface area contributed by atoms with Crippen LogP contribution in [0.1, 0.15) is 12.8 Å². The second kappa shape index (κ2) is 5.54. The Kier molecular flexibility index (Phi) is 3.60. The number of benzene rings is 1. The second-order valence-electron chi connectivity index (χ2n) is 4.65. The van der Waals surface area contributed by atoms with Crippen molar-refractivity contribution in [1.82, 2.24) is 10.2 Å². The topological polar surface area (TPSA) is 58.2 Å². The largest absolute Gasteiger partial charge is 0.433 e. The third-order valence-electron chi connectivity index (χ3n) is 3.25. The Balaban J connectivity index is 1.92. The molecule has 1 aliphatic heterocycles. The molecule has 0 bridgehead atoms. The average Bonchev–Trinajstić information content (AvgIpc) is 2.96. The van der Waals surface area contributed by atoms with Crippen molar-refractivity contribution in [1.29, 1.82) is 0 Å². The summed E-state index contributed by atoms with van der Waals surface area (Å²) in [5, 5.41) is 6.55. The maximum absolute atomic E-state index is 11.8. The van der Waals surface area contributed by atoms with Crippen LogP contribution in [0.3, 0.4) is 0 Å². The van der Waals surface area contributed by atoms with E-state index in [2.05, 4.69) is 15.1 Å². The van der Waals surface area contributed by atoms with Crippen LogP contribution in [0.2, 0.25) is 5.15 Å². The van der Waals surface area contributed by atoms with Crippen LogP contribution in [0, 0.1) is 0 Å². The Morgan fingerprint density at radius 1 is 1.25 bits per heavy atom. The van der Waals surface area contributed by atoms with Crippen LogP contribution in [-0.2, 0) is 0 Å². The lowest BCUT2D eigenvalue weighted by molar-refractivity contribution is 0.450. The van der Waals surface area contributed by atoms with Crippen molar-refractivity contribution >= 4 is 17.3 Å². The third-order valence-corrected chi connectivity index (χ3v) is 3.45. The number of halogens is 1. The normalized spacial score (nSPS) is 14.6. The van der Waals surface area contributed by atoms with Gasteiger partial charge in [-0.25, -0.2) is 0 Å². The molecule has 0 spiro atoms. The van der Waals surface area contributed by atoms with E-state index < -0.39 is 0 Å². The molecular formula is C14H14ClN3O2. The first-order valence-electron chi connectivity index (χ1n) is 6.51. The number of hydrogen-bond donors (Lipinski definition) is 1. The molecule has 1 aliphatic rings. The lowest BCUT2D eigenvalue weighted by Crippen LogP contribution is -2.18. The average molecular weight is 292 g/mol. The smallest absolute Gasteiger partial charge is 0.285 e. The first-order valence-corrected chi connectivity index (χ1v) is 6.89. The molecule has 20 heavy (non-hydrogen) atoms. The van der Waals surface area contributed by atoms with Gasteiger partial charge in [0.2, 0.25) is 5.43 Å². The van der Waals surface area contributed by atoms with Gasteiger partial charge in [-0.05, 0) is 25.0 Å². The maximum atomic E-state index is 11.8. The van der Waals surface area contributed by atoms with Crippen molar-refractivity contribution in [2.24, 2.45) is 0 Å². The van der Waals surface area contributed by atoms with Crippen LogP contribution < -0.4 is 15.1 Å². The Hall–Kier alpha value is -2.01. The van der Waals surface area contributed by atoms with E-state index in [4.69, 9.17) is 16.3 Å². The number of hydrogen-bond acceptors (Lipinski definition) is 4. The minimum absolute atomic E-state index is 0.000969. The molecule has 6 heteroatoms. The van der Waals surface area contributed by atoms with E-state index in [0.717, 1.165) is 18.8 Å². The van der Waals surface area contributed by atoms with Crippen LogP contribution in [0.4, 0.5) is 5.69 Å². The molecule has 3 rings (SSSR count). The van der Waals surface area contributed by atoms with Gasteiger partial charge in [-0.3, -0.25) is 9.89 Å². The zero-order valence-electron chi connectivity index (χ0n) is 10.8. The van der Waals surface area contributed by atoms with Crippen molar-refractivity contribution in [2.45, 2.75) is 12.8 Å². The molecule has 2 heterocycles. The van der Waals surface area contributed by atoms with Crippen LogP contribution >= 0.6 is 11.6 Å². The predicted molar refractivity (Wildman–Crippen MR) is 77.8 cm³/mol. The van der Waals surface area contributed by atoms with Crippen LogP contribution in [-0.4, -0.2) is 23.3 Å². The fourth-order valence-electron chi connectivity index (χ4n) is 2.31. The highest BCUT2D eigenvalue weighted by Gasteiger charge is 2.17. The number of ether oxygens (including phenoxy) is 1. The standard InChI is InChI=1S/C14H14ClN3O2/c15-13-9-11(19)14(17-16-13)20-12-6-2-1-5-10(12)18-7-3-4-8-18/h1-2,5-6,9H,3-4,7-8H2,(H,16,19). The predicted octanol–water partition coefficient (Wildman–Crippen LogP) is 2.82. The van der Waals surface area contributed by atoms with Crippen molar-refractivity contribution in [3.05, 3.63) is 45.7 Å². The van der Waals surface area contributed by atoms with E-state index >= 15 is 0 Å². The molecular weight excluding hydrogens is 278 g/mol. The number of rotatable bonds is 3. The van der Waals surface area contributed by atoms with Gasteiger partial charge < -0.3 is 9.64 Å². The van der Waals surface area contributed by atoms with Crippen LogP contribution in [0.25, 0.3) is 0 Å². The summed E-state index contributed by atoms with van der Waals surface area (Å²) in [4.78, 5) is 14.0. The fraction of sp³-hybridized carbons (Fsp3) is 0.286. The summed E-state index contributed by atoms with van der Waals surface area (Å²) in [6.07, 6.45) is 2.35. The molecule has 0 radical (unpaired) electrons. The minimum atomic E-state index is -0.343. The van der Waals surface area contributed by atoms with Gasteiger partial charge in [0.05, 0.1) is 5.69 Å². The number of nitrogens with one attached hydrogen (secondary N) is 1. The number of nitrogens with zero attached hydrogens (tertiary/aromatic N) is 2. The molecule has 1 aromatic carbocycles. The Bertz CT molecular complexity index is 665. The van der Waals surface area contributed by atoms with Crippen molar-refractivity contribution < 1.29 is 4.74 Å². The Morgan fingerprint density at radius 3 is 2.75 bits per heavy atom. The van der Waals surface area contributed by atoms with E-state index in [9.17, 15) is 4.79 Å². The van der Waals surface area contributed by atoms with Crippen molar-refractivity contribution in [3.8, 4) is 11.6 Å². The molecule has 104 valence electrons. The van der Waals surface area contributed by atoms with Crippen LogP contribution in [0.15, 0.2) is 35.1 Å². The van der Waals surface area contributed by atoms with Gasteiger partial charge >= 0.3 is 0 Å². The molecule has 1 fully saturated rings. The molecule has 0 atom stereocenters. The van der Waals surface area contributed by atoms with Gasteiger partial charge in [0, 0.05) is 19.2 Å². The van der Waals surface area contributed by atoms with Gasteiger partial charge in [-0.2, -0.15) is 0 Å². The van der Waals surface area contributed by atoms with Crippen molar-refractivity contribution in [2.75, 3.05) is 18.0 Å². The number of anilines is 1. The maximum Gasteiger partial charge on any atom is 0.285 e. The summed E-state index contributed by atoms with van der Waals surface area (Å²) in [6, 6.07) is 8.91. The number of aromatic amines is 1. The van der Waals surface area contributed by atoms with Gasteiger partial charge in [0.15, 0.2) is 5.75 Å². The summed E-state index contributed by atoms with van der Waals surface area (Å²) in [5.74, 6) is 0.635. The zero-order chi connectivity index (χ0) is 13.9. The molecule has 1 saturated heterocycles. The van der Waals surface area contributed by atoms with Gasteiger partial charge in [0.25, 0.3) is 5.88 Å². The van der Waals surface area contributed by atoms with E-state index in [1.54, 1.807) is 0 Å². The summed E-state index contributed by atoms with van der Waals surface area (Å²) >= 11 is 5.67. The molecule has 5 nitrogen and oxygen atoms in total. The summed E-state index contributed by atoms with van der Waals surface area (Å²) in [6.45, 7) is 2.01. The summed E-state index contributed by atoms with van der Waals surface area (Å²) < 4.78 is 5.65. The highest BCUT2D eigenvalue weighted by molar-refractivity contribution is 6.29. The van der Waals surface area contributed by atoms with Gasteiger partial charge in [-0.1, -0.05) is 23.7 Å². The number of para-hydroxylation sites is 2. The summed E-state index contributed by atoms with van der Waals surface area (Å²) in [7, 11) is 0. The van der Waals surface area contributed by atoms with E-state index in [1.165, 1.54) is 18.9 Å². The lowest BCUT2D eigenvalue weighted by Gasteiger charge is -2.20. The van der Waals surface area contributed by atoms with E-state index in [1.807, 2.05) is 24.3 Å². The van der Waals surface area contributed by atoms with Crippen molar-refractivity contribution in [3.63, 3.8) is 0 Å². The number of H-pyrrole nitrogens is 1. The first kappa shape index (κ1) is 13.0. The molecule has 0 amide bonds. The lowest BCUT2D eigenvalue weighted by atomic mass is 10.2. The van der Waals surface area contributed by atoms with E-state index in [0.29, 0.717) is 5.75 Å². The highest BCUT2D eigenvalue weighted by Crippen LogP contribution is 2.32. The molecule has 0 aliphatic carbocycles. The fourth-order valence-corrected chi connectivity index (χ4v) is 2.45. The molecule has 2 aromatic rings. The Labute approximate surface area is 121 Å². The minimum Gasteiger partial charge on any atom is -0.433 e. The van der Waals surface area contributed by atoms with Gasteiger partial charge in [0.1, 0.15) is 5.15 Å². The molecule has 1 aromatic heterocycles.